The Morgan fingerprint density at radius 2 is 0.662 bits per heavy atom. The first-order valence-corrected chi connectivity index (χ1v) is 32.0. The van der Waals surface area contributed by atoms with Crippen LogP contribution in [0.3, 0.4) is 0 Å². The topological polar surface area (TPSA) is 113 Å². The Labute approximate surface area is 483 Å². The Morgan fingerprint density at radius 3 is 0.987 bits per heavy atom. The van der Waals surface area contributed by atoms with Crippen LogP contribution in [0.2, 0.25) is 0 Å². The molecule has 16 nitrogen and oxygen atoms in total. The zero-order chi connectivity index (χ0) is 58.2. The van der Waals surface area contributed by atoms with Gasteiger partial charge in [-0.25, -0.2) is 0 Å². The second kappa shape index (κ2) is 61.4. The van der Waals surface area contributed by atoms with E-state index in [1.165, 1.54) is 188 Å². The Morgan fingerprint density at radius 1 is 0.351 bits per heavy atom. The maximum atomic E-state index is 3.20. The number of nitrogens with one attached hydrogen (secondary N) is 7. The molecule has 0 aromatic carbocycles. The van der Waals surface area contributed by atoms with E-state index in [9.17, 15) is 0 Å². The summed E-state index contributed by atoms with van der Waals surface area (Å²) in [5.41, 5.74) is 0. The third-order valence-electron chi connectivity index (χ3n) is 15.6. The minimum atomic E-state index is 0.665. The van der Waals surface area contributed by atoms with Crippen molar-refractivity contribution in [1.82, 2.24) is 81.3 Å². The first kappa shape index (κ1) is 80.6. The Balaban J connectivity index is -0.000000819. The van der Waals surface area contributed by atoms with Gasteiger partial charge in [0.1, 0.15) is 0 Å². The van der Waals surface area contributed by atoms with Crippen molar-refractivity contribution < 1.29 is 0 Å². The molecule has 0 aromatic heterocycles. The Hall–Kier alpha value is -0.640. The van der Waals surface area contributed by atoms with Gasteiger partial charge in [0.2, 0.25) is 0 Å². The van der Waals surface area contributed by atoms with Gasteiger partial charge in [-0.3, -0.25) is 0 Å². The predicted molar refractivity (Wildman–Crippen MR) is 346 cm³/mol. The number of likely N-dealkylation sites (N-methyl/N-ethyl adjacent to an activating group) is 12. The second-order valence-electron chi connectivity index (χ2n) is 23.0. The van der Waals surface area contributed by atoms with Gasteiger partial charge in [-0.2, -0.15) is 0 Å². The summed E-state index contributed by atoms with van der Waals surface area (Å²) in [5, 5.41) is 21.9. The predicted octanol–water partition coefficient (Wildman–Crippen LogP) is 5.05. The lowest BCUT2D eigenvalue weighted by Gasteiger charge is -2.31. The zero-order valence-corrected chi connectivity index (χ0v) is 55.5. The number of hydrogen-bond acceptors (Lipinski definition) is 16. The Bertz CT molecular complexity index is 1060. The van der Waals surface area contributed by atoms with Crippen LogP contribution in [0, 0.1) is 0 Å². The fourth-order valence-corrected chi connectivity index (χ4v) is 9.03. The van der Waals surface area contributed by atoms with Crippen molar-refractivity contribution >= 4 is 0 Å². The van der Waals surface area contributed by atoms with Crippen molar-refractivity contribution in [2.24, 2.45) is 0 Å². The van der Waals surface area contributed by atoms with Crippen LogP contribution in [0.25, 0.3) is 0 Å². The molecule has 5 fully saturated rings. The van der Waals surface area contributed by atoms with E-state index in [0.29, 0.717) is 12.1 Å². The molecule has 0 amide bonds. The van der Waals surface area contributed by atoms with Gasteiger partial charge in [0, 0.05) is 123 Å². The minimum Gasteiger partial charge on any atom is -0.318 e. The van der Waals surface area contributed by atoms with Gasteiger partial charge in [0.05, 0.1) is 0 Å². The molecule has 0 bridgehead atoms. The molecular weight excluding hydrogens is 957 g/mol. The van der Waals surface area contributed by atoms with Gasteiger partial charge in [-0.15, -0.1) is 0 Å². The highest BCUT2D eigenvalue weighted by Gasteiger charge is 2.17. The van der Waals surface area contributed by atoms with E-state index in [4.69, 9.17) is 0 Å². The molecule has 77 heavy (non-hydrogen) atoms. The maximum absolute atomic E-state index is 3.20. The highest BCUT2D eigenvalue weighted by atomic mass is 15.2. The quantitative estimate of drug-likeness (QED) is 0.0543. The standard InChI is InChI=1S/C11H24N2.C10H22N2.C8H18N2.C7H16N2.2C7H18N2.C6H14N2.C5H14N2/c1-11(2)12(3)9-10-13-7-5-4-6-8-13;1-11-8-9-12(2)10-6-4-3-5-7-10;1-9-5-8-10-6-3-2-4-7-10;1-8-4-7-9-5-2-3-6-9;1-7(2)9(4)6-5-8-3;1-4-9(5-2)7-6-8-3;1-7-3-6-8-4-2-5-8;1-6-4-5-7(2)3/h11H,4-10H2,1-3H3;10-11H,3-9H2,1-2H3;9H,2-8H2,1H3;8H,2-7H2,1H3;7-8H,5-6H2,1-4H3;8H,4-7H2,1-3H3;7H,2-6H2,1H3;6H,4-5H2,1-3H3. The average Bonchev–Trinajstić information content (AvgIpc) is 3.97. The molecule has 1 aliphatic carbocycles. The van der Waals surface area contributed by atoms with Crippen molar-refractivity contribution in [3.63, 3.8) is 0 Å². The van der Waals surface area contributed by atoms with Crippen LogP contribution in [0.4, 0.5) is 0 Å². The van der Waals surface area contributed by atoms with Gasteiger partial charge in [-0.1, -0.05) is 46.0 Å². The highest BCUT2D eigenvalue weighted by Crippen LogP contribution is 2.21. The fourth-order valence-electron chi connectivity index (χ4n) is 9.03. The van der Waals surface area contributed by atoms with Gasteiger partial charge in [-0.05, 0) is 236 Å². The van der Waals surface area contributed by atoms with Crippen molar-refractivity contribution in [2.75, 3.05) is 255 Å². The fraction of sp³-hybridized carbons (Fsp3) is 1.00. The van der Waals surface area contributed by atoms with Crippen LogP contribution in [-0.2, 0) is 0 Å². The molecular formula is C61H144N16. The lowest BCUT2D eigenvalue weighted by atomic mass is 9.94. The van der Waals surface area contributed by atoms with E-state index >= 15 is 0 Å². The molecule has 0 spiro atoms. The van der Waals surface area contributed by atoms with Gasteiger partial charge in [0.15, 0.2) is 0 Å². The lowest BCUT2D eigenvalue weighted by Crippen LogP contribution is -2.40. The summed E-state index contributed by atoms with van der Waals surface area (Å²) < 4.78 is 0. The van der Waals surface area contributed by atoms with Crippen molar-refractivity contribution in [3.8, 4) is 0 Å². The smallest absolute Gasteiger partial charge is 0.0109 e. The molecule has 7 N–H and O–H groups in total. The summed E-state index contributed by atoms with van der Waals surface area (Å²) in [6, 6.07) is 2.22. The molecule has 1 saturated carbocycles. The van der Waals surface area contributed by atoms with Crippen molar-refractivity contribution in [3.05, 3.63) is 0 Å². The van der Waals surface area contributed by atoms with Crippen LogP contribution in [0.1, 0.15) is 131 Å². The summed E-state index contributed by atoms with van der Waals surface area (Å²) in [5.74, 6) is 0. The largest absolute Gasteiger partial charge is 0.318 e. The number of nitrogens with zero attached hydrogens (tertiary/aromatic N) is 9. The number of piperidine rings is 2. The molecule has 0 aromatic rings. The van der Waals surface area contributed by atoms with Crippen LogP contribution in [-0.4, -0.2) is 317 Å². The molecule has 0 atom stereocenters. The van der Waals surface area contributed by atoms with E-state index in [2.05, 4.69) is 158 Å². The Kier molecular flexibility index (Phi) is 64.3. The molecule has 4 saturated heterocycles. The van der Waals surface area contributed by atoms with E-state index in [1.54, 1.807) is 0 Å². The molecule has 5 rings (SSSR count). The second-order valence-corrected chi connectivity index (χ2v) is 23.0. The maximum Gasteiger partial charge on any atom is 0.0109 e. The number of rotatable bonds is 29. The average molecular weight is 1100 g/mol. The third-order valence-corrected chi connectivity index (χ3v) is 15.6. The number of hydrogen-bond donors (Lipinski definition) is 7. The van der Waals surface area contributed by atoms with E-state index < -0.39 is 0 Å². The van der Waals surface area contributed by atoms with Gasteiger partial charge in [0.25, 0.3) is 0 Å². The van der Waals surface area contributed by atoms with Crippen LogP contribution in [0.15, 0.2) is 0 Å². The number of likely N-dealkylation sites (tertiary alicyclic amines) is 4. The first-order chi connectivity index (χ1) is 37.1. The molecule has 0 radical (unpaired) electrons. The summed E-state index contributed by atoms with van der Waals surface area (Å²) in [6.45, 7) is 44.8. The zero-order valence-electron chi connectivity index (χ0n) is 55.5. The van der Waals surface area contributed by atoms with Crippen molar-refractivity contribution in [2.45, 2.75) is 150 Å². The molecule has 4 aliphatic heterocycles. The summed E-state index contributed by atoms with van der Waals surface area (Å²) in [7, 11) is 24.7. The van der Waals surface area contributed by atoms with Crippen LogP contribution >= 0.6 is 0 Å². The van der Waals surface area contributed by atoms with Gasteiger partial charge >= 0.3 is 0 Å². The lowest BCUT2D eigenvalue weighted by molar-refractivity contribution is 0.181. The summed E-state index contributed by atoms with van der Waals surface area (Å²) in [4.78, 5) is 21.9. The molecule has 4 heterocycles. The van der Waals surface area contributed by atoms with Crippen LogP contribution in [0.5, 0.6) is 0 Å². The minimum absolute atomic E-state index is 0.665. The molecule has 0 unspecified atom stereocenters. The first-order valence-electron chi connectivity index (χ1n) is 32.0. The van der Waals surface area contributed by atoms with E-state index in [0.717, 1.165) is 78.0 Å². The summed E-state index contributed by atoms with van der Waals surface area (Å²) in [6.07, 6.45) is 19.9. The normalized spacial score (nSPS) is 17.4. The van der Waals surface area contributed by atoms with Gasteiger partial charge < -0.3 is 81.3 Å². The van der Waals surface area contributed by atoms with Crippen molar-refractivity contribution in [1.29, 1.82) is 0 Å². The molecule has 16 heteroatoms. The molecule has 5 aliphatic rings. The van der Waals surface area contributed by atoms with Crippen LogP contribution < -0.4 is 37.2 Å². The monoisotopic (exact) mass is 1100 g/mol. The third kappa shape index (κ3) is 55.7. The highest BCUT2D eigenvalue weighted by molar-refractivity contribution is 4.74. The summed E-state index contributed by atoms with van der Waals surface area (Å²) >= 11 is 0. The van der Waals surface area contributed by atoms with E-state index in [1.807, 2.05) is 49.3 Å². The molecule has 468 valence electrons. The van der Waals surface area contributed by atoms with E-state index in [-0.39, 0.29) is 0 Å². The SMILES string of the molecule is CC(C)N(C)CCN1CCCCC1.CCN(CC)CCNC.CNCCN(C)C.CNCCN(C)C(C)C.CNCCN(C)C1CCCCC1.CNCCN1CCC1.CNCCN1CCCC1.CNCCN1CCCCC1.